The third-order valence-electron chi connectivity index (χ3n) is 6.64. The fraction of sp³-hybridized carbons (Fsp3) is 0.591. The minimum Gasteiger partial charge on any atom is -0.497 e. The lowest BCUT2D eigenvalue weighted by Crippen LogP contribution is -2.49. The van der Waals surface area contributed by atoms with Gasteiger partial charge >= 0.3 is 6.03 Å². The van der Waals surface area contributed by atoms with E-state index >= 15 is 0 Å². The molecule has 29 heavy (non-hydrogen) atoms. The Labute approximate surface area is 172 Å². The smallest absolute Gasteiger partial charge is 0.325 e. The summed E-state index contributed by atoms with van der Waals surface area (Å²) < 4.78 is 5.17. The summed E-state index contributed by atoms with van der Waals surface area (Å²) in [5.74, 6) is 0.915. The number of urea groups is 1. The highest BCUT2D eigenvalue weighted by atomic mass is 16.5. The van der Waals surface area contributed by atoms with Crippen molar-refractivity contribution >= 4 is 17.8 Å². The fourth-order valence-corrected chi connectivity index (χ4v) is 4.47. The quantitative estimate of drug-likeness (QED) is 0.718. The molecular weight excluding hydrogens is 370 g/mol. The van der Waals surface area contributed by atoms with Crippen molar-refractivity contribution in [1.82, 2.24) is 15.5 Å². The average molecular weight is 402 g/mol. The van der Waals surface area contributed by atoms with E-state index in [1.807, 2.05) is 6.92 Å². The molecule has 158 valence electrons. The minimum atomic E-state index is -1.16. The van der Waals surface area contributed by atoms with Gasteiger partial charge in [0.05, 0.1) is 7.11 Å². The summed E-state index contributed by atoms with van der Waals surface area (Å²) >= 11 is 0. The summed E-state index contributed by atoms with van der Waals surface area (Å²) in [6.07, 6.45) is 3.57. The topological polar surface area (TPSA) is 87.7 Å². The zero-order valence-corrected chi connectivity index (χ0v) is 17.7. The van der Waals surface area contributed by atoms with Crippen LogP contribution in [-0.2, 0) is 15.1 Å². The second kappa shape index (κ2) is 8.43. The summed E-state index contributed by atoms with van der Waals surface area (Å²) in [6, 6.07) is 6.61. The molecule has 0 aromatic heterocycles. The molecule has 3 rings (SSSR count). The number of rotatable bonds is 6. The Morgan fingerprint density at radius 3 is 2.55 bits per heavy atom. The number of nitrogens with one attached hydrogen (secondary N) is 2. The number of hydrogen-bond acceptors (Lipinski definition) is 4. The maximum atomic E-state index is 13.2. The maximum Gasteiger partial charge on any atom is 0.325 e. The van der Waals surface area contributed by atoms with Crippen molar-refractivity contribution in [3.8, 4) is 5.75 Å². The lowest BCUT2D eigenvalue weighted by molar-refractivity contribution is -0.135. The number of amides is 4. The van der Waals surface area contributed by atoms with Crippen molar-refractivity contribution in [2.75, 3.05) is 13.7 Å². The Hall–Kier alpha value is -2.57. The van der Waals surface area contributed by atoms with E-state index in [9.17, 15) is 14.4 Å². The molecule has 7 nitrogen and oxygen atoms in total. The molecule has 1 aromatic rings. The van der Waals surface area contributed by atoms with Gasteiger partial charge in [0.15, 0.2) is 0 Å². The Morgan fingerprint density at radius 1 is 1.24 bits per heavy atom. The highest BCUT2D eigenvalue weighted by Gasteiger charge is 2.51. The van der Waals surface area contributed by atoms with Crippen LogP contribution >= 0.6 is 0 Å². The molecule has 2 fully saturated rings. The molecule has 1 saturated carbocycles. The SMILES string of the molecule is CC[C@@]1(c2ccc(OC)cc2)NC(=O)N(CC(=O)N[C@@H]2CCC[C@H](C)[C@@H]2C)C1=O. The molecule has 1 aliphatic carbocycles. The van der Waals surface area contributed by atoms with Gasteiger partial charge in [-0.1, -0.05) is 45.7 Å². The van der Waals surface area contributed by atoms with Gasteiger partial charge in [-0.15, -0.1) is 0 Å². The van der Waals surface area contributed by atoms with Gasteiger partial charge in [-0.05, 0) is 42.4 Å². The van der Waals surface area contributed by atoms with Crippen LogP contribution in [0, 0.1) is 11.8 Å². The molecule has 2 aliphatic rings. The Morgan fingerprint density at radius 2 is 1.93 bits per heavy atom. The monoisotopic (exact) mass is 401 g/mol. The van der Waals surface area contributed by atoms with Gasteiger partial charge in [0, 0.05) is 6.04 Å². The van der Waals surface area contributed by atoms with E-state index < -0.39 is 17.5 Å². The van der Waals surface area contributed by atoms with Gasteiger partial charge in [0.25, 0.3) is 5.91 Å². The third kappa shape index (κ3) is 3.95. The van der Waals surface area contributed by atoms with Crippen LogP contribution in [0.5, 0.6) is 5.75 Å². The molecule has 1 heterocycles. The summed E-state index contributed by atoms with van der Waals surface area (Å²) in [5, 5.41) is 5.85. The van der Waals surface area contributed by atoms with Crippen molar-refractivity contribution in [2.45, 2.75) is 58.0 Å². The number of ether oxygens (including phenoxy) is 1. The predicted octanol–water partition coefficient (Wildman–Crippen LogP) is 2.79. The molecule has 2 N–H and O–H groups in total. The zero-order chi connectivity index (χ0) is 21.2. The molecular formula is C22H31N3O4. The maximum absolute atomic E-state index is 13.2. The lowest BCUT2D eigenvalue weighted by Gasteiger charge is -2.34. The van der Waals surface area contributed by atoms with Crippen LogP contribution in [0.1, 0.15) is 52.0 Å². The lowest BCUT2D eigenvalue weighted by atomic mass is 9.78. The van der Waals surface area contributed by atoms with Crippen LogP contribution in [0.15, 0.2) is 24.3 Å². The molecule has 0 spiro atoms. The van der Waals surface area contributed by atoms with Gasteiger partial charge in [-0.2, -0.15) is 0 Å². The van der Waals surface area contributed by atoms with E-state index in [-0.39, 0.29) is 18.5 Å². The van der Waals surface area contributed by atoms with Gasteiger partial charge in [-0.25, -0.2) is 4.79 Å². The second-order valence-electron chi connectivity index (χ2n) is 8.25. The zero-order valence-electron chi connectivity index (χ0n) is 17.7. The van der Waals surface area contributed by atoms with Gasteiger partial charge in [0.1, 0.15) is 17.8 Å². The van der Waals surface area contributed by atoms with E-state index in [1.54, 1.807) is 31.4 Å². The van der Waals surface area contributed by atoms with Crippen molar-refractivity contribution in [2.24, 2.45) is 11.8 Å². The van der Waals surface area contributed by atoms with E-state index in [2.05, 4.69) is 24.5 Å². The number of methoxy groups -OCH3 is 1. The minimum absolute atomic E-state index is 0.0875. The molecule has 4 atom stereocenters. The van der Waals surface area contributed by atoms with E-state index in [4.69, 9.17) is 4.74 Å². The summed E-state index contributed by atoms with van der Waals surface area (Å²) in [5.41, 5.74) is -0.479. The molecule has 4 amide bonds. The van der Waals surface area contributed by atoms with Crippen molar-refractivity contribution in [1.29, 1.82) is 0 Å². The molecule has 0 bridgehead atoms. The highest BCUT2D eigenvalue weighted by molar-refractivity contribution is 6.09. The molecule has 7 heteroatoms. The van der Waals surface area contributed by atoms with E-state index in [1.165, 1.54) is 6.42 Å². The first kappa shape index (κ1) is 21.1. The summed E-state index contributed by atoms with van der Waals surface area (Å²) in [4.78, 5) is 39.4. The number of carbonyl (C=O) groups is 3. The van der Waals surface area contributed by atoms with Gasteiger partial charge in [0.2, 0.25) is 5.91 Å². The normalized spacial score (nSPS) is 29.5. The van der Waals surface area contributed by atoms with Crippen LogP contribution < -0.4 is 15.4 Å². The van der Waals surface area contributed by atoms with Gasteiger partial charge < -0.3 is 15.4 Å². The molecule has 1 aromatic carbocycles. The number of imide groups is 1. The predicted molar refractivity (Wildman–Crippen MR) is 109 cm³/mol. The van der Waals surface area contributed by atoms with Crippen molar-refractivity contribution in [3.63, 3.8) is 0 Å². The first-order chi connectivity index (χ1) is 13.8. The van der Waals surface area contributed by atoms with E-state index in [0.29, 0.717) is 29.6 Å². The van der Waals surface area contributed by atoms with Crippen LogP contribution in [-0.4, -0.2) is 42.4 Å². The van der Waals surface area contributed by atoms with Crippen molar-refractivity contribution < 1.29 is 19.1 Å². The Balaban J connectivity index is 1.72. The summed E-state index contributed by atoms with van der Waals surface area (Å²) in [6.45, 7) is 5.93. The van der Waals surface area contributed by atoms with Crippen molar-refractivity contribution in [3.05, 3.63) is 29.8 Å². The first-order valence-corrected chi connectivity index (χ1v) is 10.4. The van der Waals surface area contributed by atoms with Crippen LogP contribution in [0.25, 0.3) is 0 Å². The van der Waals surface area contributed by atoms with E-state index in [0.717, 1.165) is 17.7 Å². The molecule has 0 unspecified atom stereocenters. The molecule has 1 saturated heterocycles. The molecule has 0 radical (unpaired) electrons. The number of hydrogen-bond donors (Lipinski definition) is 2. The first-order valence-electron chi connectivity index (χ1n) is 10.4. The number of benzene rings is 1. The third-order valence-corrected chi connectivity index (χ3v) is 6.64. The highest BCUT2D eigenvalue weighted by Crippen LogP contribution is 2.33. The number of carbonyl (C=O) groups excluding carboxylic acids is 3. The van der Waals surface area contributed by atoms with Crippen LogP contribution in [0.2, 0.25) is 0 Å². The molecule has 1 aliphatic heterocycles. The van der Waals surface area contributed by atoms with Gasteiger partial charge in [-0.3, -0.25) is 14.5 Å². The largest absolute Gasteiger partial charge is 0.497 e. The number of nitrogens with zero attached hydrogens (tertiary/aromatic N) is 1. The van der Waals surface area contributed by atoms with Crippen LogP contribution in [0.3, 0.4) is 0 Å². The summed E-state index contributed by atoms with van der Waals surface area (Å²) in [7, 11) is 1.57. The fourth-order valence-electron chi connectivity index (χ4n) is 4.47. The Kier molecular flexibility index (Phi) is 6.15. The average Bonchev–Trinajstić information content (AvgIpc) is 2.96. The standard InChI is InChI=1S/C22H31N3O4/c1-5-22(16-9-11-17(29-4)12-10-16)20(27)25(21(28)24-22)13-19(26)23-18-8-6-7-14(2)15(18)3/h9-12,14-15,18H,5-8,13H2,1-4H3,(H,23,26)(H,24,28)/t14-,15-,18+,22-/m0/s1. The Bertz CT molecular complexity index is 779. The second-order valence-corrected chi connectivity index (χ2v) is 8.25. The van der Waals surface area contributed by atoms with Crippen LogP contribution in [0.4, 0.5) is 4.79 Å².